The van der Waals surface area contributed by atoms with E-state index in [9.17, 15) is 9.59 Å². The number of hydrogen-bond acceptors (Lipinski definition) is 10. The average Bonchev–Trinajstić information content (AvgIpc) is 3.40. The zero-order valence-electron chi connectivity index (χ0n) is 21.7. The highest BCUT2D eigenvalue weighted by Crippen LogP contribution is 2.38. The highest BCUT2D eigenvalue weighted by atomic mass is 79.9. The molecular formula is C27H22BrClN4O5S2. The summed E-state index contributed by atoms with van der Waals surface area (Å²) in [6, 6.07) is 7.78. The molecule has 0 amide bonds. The minimum absolute atomic E-state index is 0.167. The molecule has 0 spiro atoms. The number of allylic oxidation sites excluding steroid dienone is 1. The molecule has 9 nitrogen and oxygen atoms in total. The fourth-order valence-corrected chi connectivity index (χ4v) is 6.72. The van der Waals surface area contributed by atoms with Crippen LogP contribution < -0.4 is 19.6 Å². The molecule has 0 radical (unpaired) electrons. The van der Waals surface area contributed by atoms with E-state index in [4.69, 9.17) is 25.5 Å². The maximum absolute atomic E-state index is 13.9. The van der Waals surface area contributed by atoms with Gasteiger partial charge in [0.05, 0.1) is 34.0 Å². The predicted octanol–water partition coefficient (Wildman–Crippen LogP) is 5.07. The van der Waals surface area contributed by atoms with Crippen molar-refractivity contribution >= 4 is 62.7 Å². The van der Waals surface area contributed by atoms with E-state index in [0.29, 0.717) is 51.8 Å². The third-order valence-corrected chi connectivity index (χ3v) is 8.85. The lowest BCUT2D eigenvalue weighted by atomic mass is 9.95. The molecule has 0 bridgehead atoms. The van der Waals surface area contributed by atoms with Gasteiger partial charge in [0.2, 0.25) is 0 Å². The SMILES string of the molecule is CCOC(=O)C1=C(C)N=c2s/c(=C\c3cc(Br)c(Sc4nccc(C)n4)o3)c(=O)n2[C@@H]1c1cc(Cl)ccc1OC. The van der Waals surface area contributed by atoms with E-state index in [1.54, 1.807) is 50.4 Å². The van der Waals surface area contributed by atoms with E-state index >= 15 is 0 Å². The Bertz CT molecular complexity index is 1850. The number of hydrogen-bond donors (Lipinski definition) is 0. The van der Waals surface area contributed by atoms with Gasteiger partial charge in [0.1, 0.15) is 17.6 Å². The van der Waals surface area contributed by atoms with Crippen LogP contribution in [0, 0.1) is 6.92 Å². The van der Waals surface area contributed by atoms with E-state index in [0.717, 1.165) is 5.69 Å². The van der Waals surface area contributed by atoms with Crippen LogP contribution in [0.3, 0.4) is 0 Å². The van der Waals surface area contributed by atoms with Gasteiger partial charge in [-0.3, -0.25) is 9.36 Å². The first-order valence-corrected chi connectivity index (χ1v) is 14.8. The summed E-state index contributed by atoms with van der Waals surface area (Å²) in [5, 5.41) is 1.52. The molecule has 0 unspecified atom stereocenters. The average molecular weight is 662 g/mol. The lowest BCUT2D eigenvalue weighted by Gasteiger charge is -2.26. The van der Waals surface area contributed by atoms with Gasteiger partial charge in [-0.2, -0.15) is 0 Å². The van der Waals surface area contributed by atoms with Crippen molar-refractivity contribution in [3.05, 3.63) is 94.0 Å². The Morgan fingerprint density at radius 1 is 1.30 bits per heavy atom. The van der Waals surface area contributed by atoms with Gasteiger partial charge in [-0.1, -0.05) is 22.9 Å². The van der Waals surface area contributed by atoms with Gasteiger partial charge in [0, 0.05) is 28.6 Å². The molecule has 1 aliphatic rings. The van der Waals surface area contributed by atoms with Crippen molar-refractivity contribution in [2.75, 3.05) is 13.7 Å². The van der Waals surface area contributed by atoms with Crippen molar-refractivity contribution in [3.63, 3.8) is 0 Å². The summed E-state index contributed by atoms with van der Waals surface area (Å²) >= 11 is 12.3. The zero-order chi connectivity index (χ0) is 28.6. The molecule has 3 aromatic heterocycles. The Hall–Kier alpha value is -3.19. The molecule has 4 aromatic rings. The largest absolute Gasteiger partial charge is 0.496 e. The van der Waals surface area contributed by atoms with Gasteiger partial charge in [-0.15, -0.1) is 0 Å². The maximum Gasteiger partial charge on any atom is 0.338 e. The van der Waals surface area contributed by atoms with Crippen LogP contribution in [0.2, 0.25) is 5.02 Å². The highest BCUT2D eigenvalue weighted by molar-refractivity contribution is 9.10. The Labute approximate surface area is 250 Å². The van der Waals surface area contributed by atoms with E-state index in [1.165, 1.54) is 34.8 Å². The molecule has 1 aromatic carbocycles. The minimum Gasteiger partial charge on any atom is -0.496 e. The lowest BCUT2D eigenvalue weighted by Crippen LogP contribution is -2.40. The number of halogens is 2. The van der Waals surface area contributed by atoms with Crippen LogP contribution in [0.5, 0.6) is 5.75 Å². The van der Waals surface area contributed by atoms with Crippen molar-refractivity contribution in [2.45, 2.75) is 37.1 Å². The number of rotatable bonds is 7. The fourth-order valence-electron chi connectivity index (χ4n) is 4.20. The Morgan fingerprint density at radius 3 is 2.83 bits per heavy atom. The first kappa shape index (κ1) is 28.3. The van der Waals surface area contributed by atoms with Crippen LogP contribution in [-0.4, -0.2) is 34.2 Å². The van der Waals surface area contributed by atoms with Crippen LogP contribution >= 0.6 is 50.6 Å². The lowest BCUT2D eigenvalue weighted by molar-refractivity contribution is -0.139. The van der Waals surface area contributed by atoms with Gasteiger partial charge >= 0.3 is 5.97 Å². The Kier molecular flexibility index (Phi) is 8.31. The molecule has 206 valence electrons. The molecular weight excluding hydrogens is 640 g/mol. The third kappa shape index (κ3) is 5.53. The van der Waals surface area contributed by atoms with Crippen molar-refractivity contribution in [1.82, 2.24) is 14.5 Å². The number of esters is 1. The number of furan rings is 1. The van der Waals surface area contributed by atoms with Crippen molar-refractivity contribution in [2.24, 2.45) is 4.99 Å². The summed E-state index contributed by atoms with van der Waals surface area (Å²) < 4.78 is 19.5. The van der Waals surface area contributed by atoms with Crippen molar-refractivity contribution in [1.29, 1.82) is 0 Å². The summed E-state index contributed by atoms with van der Waals surface area (Å²) in [5.41, 5.74) is 1.70. The second-order valence-electron chi connectivity index (χ2n) is 8.56. The Balaban J connectivity index is 1.64. The fraction of sp³-hybridized carbons (Fsp3) is 0.222. The molecule has 4 heterocycles. The van der Waals surface area contributed by atoms with Crippen LogP contribution in [0.1, 0.15) is 36.9 Å². The summed E-state index contributed by atoms with van der Waals surface area (Å²) in [6.45, 7) is 5.49. The molecule has 0 saturated heterocycles. The van der Waals surface area contributed by atoms with Gasteiger partial charge in [0.15, 0.2) is 15.1 Å². The van der Waals surface area contributed by atoms with E-state index < -0.39 is 12.0 Å². The molecule has 0 N–H and O–H groups in total. The molecule has 0 aliphatic carbocycles. The number of carbonyl (C=O) groups is 1. The van der Waals surface area contributed by atoms with Crippen LogP contribution in [-0.2, 0) is 9.53 Å². The van der Waals surface area contributed by atoms with Crippen LogP contribution in [0.15, 0.2) is 76.7 Å². The first-order chi connectivity index (χ1) is 19.2. The second-order valence-corrected chi connectivity index (χ2v) is 11.8. The van der Waals surface area contributed by atoms with Gasteiger partial charge < -0.3 is 13.9 Å². The number of carbonyl (C=O) groups excluding carboxylic acids is 1. The number of fused-ring (bicyclic) bond motifs is 1. The molecule has 40 heavy (non-hydrogen) atoms. The summed E-state index contributed by atoms with van der Waals surface area (Å²) in [6.07, 6.45) is 3.33. The number of nitrogens with zero attached hydrogens (tertiary/aromatic N) is 4. The van der Waals surface area contributed by atoms with E-state index in [2.05, 4.69) is 30.9 Å². The molecule has 5 rings (SSSR count). The van der Waals surface area contributed by atoms with Crippen LogP contribution in [0.4, 0.5) is 0 Å². The van der Waals surface area contributed by atoms with E-state index in [-0.39, 0.29) is 17.7 Å². The smallest absolute Gasteiger partial charge is 0.338 e. The third-order valence-electron chi connectivity index (χ3n) is 5.91. The number of aromatic nitrogens is 3. The maximum atomic E-state index is 13.9. The van der Waals surface area contributed by atoms with Crippen LogP contribution in [0.25, 0.3) is 6.08 Å². The monoisotopic (exact) mass is 660 g/mol. The molecule has 1 aliphatic heterocycles. The van der Waals surface area contributed by atoms with Crippen molar-refractivity contribution < 1.29 is 18.7 Å². The normalized spacial score (nSPS) is 15.2. The quantitative estimate of drug-likeness (QED) is 0.200. The predicted molar refractivity (Wildman–Crippen MR) is 156 cm³/mol. The second kappa shape index (κ2) is 11.7. The first-order valence-electron chi connectivity index (χ1n) is 12.0. The van der Waals surface area contributed by atoms with Gasteiger partial charge in [0.25, 0.3) is 5.56 Å². The number of thiazole rings is 1. The van der Waals surface area contributed by atoms with Gasteiger partial charge in [-0.25, -0.2) is 19.8 Å². The molecule has 0 saturated carbocycles. The zero-order valence-corrected chi connectivity index (χ0v) is 25.7. The molecule has 0 fully saturated rings. The number of methoxy groups -OCH3 is 1. The Morgan fingerprint density at radius 2 is 2.10 bits per heavy atom. The number of benzene rings is 1. The topological polar surface area (TPSA) is 109 Å². The molecule has 1 atom stereocenters. The highest BCUT2D eigenvalue weighted by Gasteiger charge is 2.35. The number of ether oxygens (including phenoxy) is 2. The van der Waals surface area contributed by atoms with Crippen molar-refractivity contribution in [3.8, 4) is 5.75 Å². The van der Waals surface area contributed by atoms with Gasteiger partial charge in [-0.05, 0) is 78.8 Å². The standard InChI is InChI=1S/C27H22BrClN4O5S2/c1-5-37-24(35)21-14(3)32-27-33(22(21)17-10-15(29)6-7-19(17)36-4)23(34)20(39-27)12-16-11-18(28)25(38-16)40-26-30-9-8-13(2)31-26/h6-12,22H,5H2,1-4H3/b20-12-/t22-/m1/s1. The summed E-state index contributed by atoms with van der Waals surface area (Å²) in [4.78, 5) is 40.7. The number of aryl methyl sites for hydroxylation is 1. The molecule has 13 heteroatoms. The van der Waals surface area contributed by atoms with E-state index in [1.807, 2.05) is 13.0 Å². The summed E-state index contributed by atoms with van der Waals surface area (Å²) in [7, 11) is 1.52. The summed E-state index contributed by atoms with van der Waals surface area (Å²) in [5.74, 6) is 0.348. The minimum atomic E-state index is -0.862.